The summed E-state index contributed by atoms with van der Waals surface area (Å²) in [5, 5.41) is 4.27. The van der Waals surface area contributed by atoms with Crippen molar-refractivity contribution in [1.82, 2.24) is 9.88 Å². The van der Waals surface area contributed by atoms with Crippen LogP contribution < -0.4 is 5.32 Å². The minimum absolute atomic E-state index is 0.0490. The van der Waals surface area contributed by atoms with Crippen LogP contribution in [0.2, 0.25) is 10.0 Å². The maximum absolute atomic E-state index is 13.8. The zero-order valence-corrected chi connectivity index (χ0v) is 22.1. The molecule has 0 aliphatic rings. The van der Waals surface area contributed by atoms with Gasteiger partial charge < -0.3 is 10.2 Å². The molecular formula is C28H33Cl2N3O. The number of hydrogen-bond acceptors (Lipinski definition) is 3. The van der Waals surface area contributed by atoms with E-state index in [0.29, 0.717) is 47.5 Å². The largest absolute Gasteiger partial charge is 0.370 e. The number of pyridine rings is 1. The lowest BCUT2D eigenvalue weighted by atomic mass is 9.87. The quantitative estimate of drug-likeness (QED) is 0.354. The second-order valence-corrected chi connectivity index (χ2v) is 10.4. The van der Waals surface area contributed by atoms with E-state index in [0.717, 1.165) is 16.7 Å². The third-order valence-corrected chi connectivity index (χ3v) is 6.47. The minimum Gasteiger partial charge on any atom is -0.370 e. The highest BCUT2D eigenvalue weighted by Gasteiger charge is 2.21. The van der Waals surface area contributed by atoms with Crippen LogP contribution in [0.25, 0.3) is 0 Å². The molecule has 1 amide bonds. The van der Waals surface area contributed by atoms with Crippen LogP contribution in [0.1, 0.15) is 60.3 Å². The monoisotopic (exact) mass is 497 g/mol. The van der Waals surface area contributed by atoms with E-state index < -0.39 is 0 Å². The molecule has 0 bridgehead atoms. The Hall–Kier alpha value is -2.56. The number of carbonyl (C=O) groups is 1. The number of benzene rings is 2. The molecule has 0 atom stereocenters. The molecule has 1 heterocycles. The maximum atomic E-state index is 13.8. The molecule has 1 aromatic heterocycles. The molecule has 0 saturated carbocycles. The zero-order valence-electron chi connectivity index (χ0n) is 20.6. The summed E-state index contributed by atoms with van der Waals surface area (Å²) in [5.74, 6) is 0.563. The lowest BCUT2D eigenvalue weighted by molar-refractivity contribution is 0.0745. The Morgan fingerprint density at radius 3 is 2.29 bits per heavy atom. The maximum Gasteiger partial charge on any atom is 0.257 e. The first-order chi connectivity index (χ1) is 16.1. The van der Waals surface area contributed by atoms with Gasteiger partial charge in [-0.1, -0.05) is 74.3 Å². The molecule has 1 N–H and O–H groups in total. The average Bonchev–Trinajstić information content (AvgIpc) is 2.79. The van der Waals surface area contributed by atoms with E-state index in [9.17, 15) is 4.79 Å². The van der Waals surface area contributed by atoms with Gasteiger partial charge in [0.25, 0.3) is 5.91 Å². The number of rotatable bonds is 8. The van der Waals surface area contributed by atoms with Crippen LogP contribution in [0.5, 0.6) is 0 Å². The molecule has 6 heteroatoms. The van der Waals surface area contributed by atoms with Crippen LogP contribution in [0, 0.1) is 6.92 Å². The Morgan fingerprint density at radius 1 is 1.00 bits per heavy atom. The predicted octanol–water partition coefficient (Wildman–Crippen LogP) is 7.31. The summed E-state index contributed by atoms with van der Waals surface area (Å²) in [5.41, 5.74) is 5.00. The van der Waals surface area contributed by atoms with Crippen molar-refractivity contribution in [1.29, 1.82) is 0 Å². The SMILES string of the molecule is CCNc1ncc(C)cc1C(=O)N(CCc1ccc(Cl)c(Cl)c1)Cc1ccc(C(C)(C)C)cc1. The molecule has 0 spiro atoms. The molecule has 0 unspecified atom stereocenters. The number of aryl methyl sites for hydroxylation is 1. The van der Waals surface area contributed by atoms with Crippen molar-refractivity contribution < 1.29 is 4.79 Å². The van der Waals surface area contributed by atoms with Gasteiger partial charge in [0.15, 0.2) is 0 Å². The number of nitrogens with zero attached hydrogens (tertiary/aromatic N) is 2. The fourth-order valence-electron chi connectivity index (χ4n) is 3.75. The fraction of sp³-hybridized carbons (Fsp3) is 0.357. The summed E-state index contributed by atoms with van der Waals surface area (Å²) in [6, 6.07) is 16.0. The van der Waals surface area contributed by atoms with E-state index in [1.165, 1.54) is 5.56 Å². The van der Waals surface area contributed by atoms with Crippen LogP contribution in [0.4, 0.5) is 5.82 Å². The molecule has 34 heavy (non-hydrogen) atoms. The van der Waals surface area contributed by atoms with E-state index >= 15 is 0 Å². The Morgan fingerprint density at radius 2 is 1.68 bits per heavy atom. The molecule has 2 aromatic carbocycles. The topological polar surface area (TPSA) is 45.2 Å². The zero-order chi connectivity index (χ0) is 24.9. The summed E-state index contributed by atoms with van der Waals surface area (Å²) < 4.78 is 0. The predicted molar refractivity (Wildman–Crippen MR) is 143 cm³/mol. The molecule has 0 radical (unpaired) electrons. The van der Waals surface area contributed by atoms with Crippen LogP contribution >= 0.6 is 23.2 Å². The second-order valence-electron chi connectivity index (χ2n) is 9.61. The summed E-state index contributed by atoms with van der Waals surface area (Å²) in [6.07, 6.45) is 2.44. The van der Waals surface area contributed by atoms with Crippen molar-refractivity contribution in [3.05, 3.63) is 92.6 Å². The lowest BCUT2D eigenvalue weighted by Gasteiger charge is -2.25. The molecule has 180 valence electrons. The van der Waals surface area contributed by atoms with E-state index in [1.54, 1.807) is 12.3 Å². The Balaban J connectivity index is 1.90. The second kappa shape index (κ2) is 11.2. The van der Waals surface area contributed by atoms with E-state index in [4.69, 9.17) is 23.2 Å². The van der Waals surface area contributed by atoms with E-state index in [1.807, 2.05) is 36.9 Å². The standard InChI is InChI=1S/C28H33Cl2N3O/c1-6-31-26-23(15-19(2)17-32-26)27(34)33(14-13-20-9-12-24(29)25(30)16-20)18-21-7-10-22(11-8-21)28(3,4)5/h7-12,15-17H,6,13-14,18H2,1-5H3,(H,31,32). The summed E-state index contributed by atoms with van der Waals surface area (Å²) in [4.78, 5) is 20.1. The highest BCUT2D eigenvalue weighted by Crippen LogP contribution is 2.25. The summed E-state index contributed by atoms with van der Waals surface area (Å²) in [7, 11) is 0. The Labute approximate surface area is 213 Å². The highest BCUT2D eigenvalue weighted by atomic mass is 35.5. The van der Waals surface area contributed by atoms with Crippen molar-refractivity contribution in [3.8, 4) is 0 Å². The number of hydrogen-bond donors (Lipinski definition) is 1. The first-order valence-electron chi connectivity index (χ1n) is 11.6. The average molecular weight is 498 g/mol. The van der Waals surface area contributed by atoms with Crippen LogP contribution in [0.3, 0.4) is 0 Å². The van der Waals surface area contributed by atoms with Gasteiger partial charge in [-0.15, -0.1) is 0 Å². The van der Waals surface area contributed by atoms with Crippen LogP contribution in [-0.4, -0.2) is 28.9 Å². The van der Waals surface area contributed by atoms with Crippen LogP contribution in [0.15, 0.2) is 54.7 Å². The third-order valence-electron chi connectivity index (χ3n) is 5.73. The van der Waals surface area contributed by atoms with Crippen molar-refractivity contribution >= 4 is 34.9 Å². The van der Waals surface area contributed by atoms with Gasteiger partial charge in [0, 0.05) is 25.8 Å². The summed E-state index contributed by atoms with van der Waals surface area (Å²) in [6.45, 7) is 12.3. The van der Waals surface area contributed by atoms with Gasteiger partial charge in [0.2, 0.25) is 0 Å². The van der Waals surface area contributed by atoms with E-state index in [2.05, 4.69) is 55.3 Å². The van der Waals surface area contributed by atoms with Gasteiger partial charge in [0.05, 0.1) is 15.6 Å². The Kier molecular flexibility index (Phi) is 8.62. The number of amides is 1. The Bertz CT molecular complexity index is 1140. The first kappa shape index (κ1) is 26.1. The van der Waals surface area contributed by atoms with Crippen molar-refractivity contribution in [2.75, 3.05) is 18.4 Å². The highest BCUT2D eigenvalue weighted by molar-refractivity contribution is 6.42. The number of anilines is 1. The number of halogens is 2. The van der Waals surface area contributed by atoms with Crippen molar-refractivity contribution in [2.45, 2.75) is 53.0 Å². The molecule has 3 rings (SSSR count). The van der Waals surface area contributed by atoms with Gasteiger partial charge in [-0.2, -0.15) is 0 Å². The summed E-state index contributed by atoms with van der Waals surface area (Å²) >= 11 is 12.3. The van der Waals surface area contributed by atoms with Crippen molar-refractivity contribution in [3.63, 3.8) is 0 Å². The minimum atomic E-state index is -0.0490. The molecule has 4 nitrogen and oxygen atoms in total. The fourth-order valence-corrected chi connectivity index (χ4v) is 4.07. The normalized spacial score (nSPS) is 11.4. The number of nitrogens with one attached hydrogen (secondary N) is 1. The third kappa shape index (κ3) is 6.74. The first-order valence-corrected chi connectivity index (χ1v) is 12.4. The number of carbonyl (C=O) groups excluding carboxylic acids is 1. The molecular weight excluding hydrogens is 465 g/mol. The molecule has 0 saturated heterocycles. The van der Waals surface area contributed by atoms with Gasteiger partial charge in [-0.25, -0.2) is 4.98 Å². The van der Waals surface area contributed by atoms with Gasteiger partial charge in [-0.05, 0) is 66.1 Å². The smallest absolute Gasteiger partial charge is 0.257 e. The van der Waals surface area contributed by atoms with Crippen molar-refractivity contribution in [2.24, 2.45) is 0 Å². The van der Waals surface area contributed by atoms with Crippen LogP contribution in [-0.2, 0) is 18.4 Å². The van der Waals surface area contributed by atoms with Gasteiger partial charge in [0.1, 0.15) is 5.82 Å². The van der Waals surface area contributed by atoms with E-state index in [-0.39, 0.29) is 11.3 Å². The lowest BCUT2D eigenvalue weighted by Crippen LogP contribution is -2.33. The molecule has 0 aliphatic carbocycles. The molecule has 0 fully saturated rings. The van der Waals surface area contributed by atoms with Gasteiger partial charge >= 0.3 is 0 Å². The molecule has 0 aliphatic heterocycles. The molecule has 3 aromatic rings. The number of aromatic nitrogens is 1. The van der Waals surface area contributed by atoms with Gasteiger partial charge in [-0.3, -0.25) is 4.79 Å².